The van der Waals surface area contributed by atoms with Gasteiger partial charge in [0.05, 0.1) is 6.54 Å². The van der Waals surface area contributed by atoms with Crippen molar-refractivity contribution >= 4 is 11.7 Å². The molecule has 0 radical (unpaired) electrons. The van der Waals surface area contributed by atoms with Gasteiger partial charge in [0.25, 0.3) is 0 Å². The van der Waals surface area contributed by atoms with E-state index < -0.39 is 0 Å². The molecule has 1 aromatic carbocycles. The lowest BCUT2D eigenvalue weighted by Crippen LogP contribution is -2.39. The number of rotatable bonds is 7. The molecule has 1 aliphatic rings. The third kappa shape index (κ3) is 5.30. The maximum absolute atomic E-state index is 12.3. The Kier molecular flexibility index (Phi) is 6.61. The number of piperidine rings is 1. The third-order valence-corrected chi connectivity index (χ3v) is 4.78. The number of amides is 1. The number of nitrogens with one attached hydrogen (secondary N) is 1. The first-order chi connectivity index (χ1) is 12.7. The molecular weight excluding hydrogens is 324 g/mol. The van der Waals surface area contributed by atoms with Gasteiger partial charge in [0, 0.05) is 31.9 Å². The van der Waals surface area contributed by atoms with Crippen LogP contribution in [0.1, 0.15) is 30.4 Å². The summed E-state index contributed by atoms with van der Waals surface area (Å²) in [7, 11) is 2.04. The minimum absolute atomic E-state index is 0.0902. The van der Waals surface area contributed by atoms with Gasteiger partial charge < -0.3 is 10.2 Å². The highest BCUT2D eigenvalue weighted by molar-refractivity contribution is 5.78. The minimum atomic E-state index is 0.0902. The molecule has 138 valence electrons. The van der Waals surface area contributed by atoms with Gasteiger partial charge in [-0.05, 0) is 37.6 Å². The molecule has 1 aromatic heterocycles. The zero-order valence-corrected chi connectivity index (χ0v) is 15.5. The zero-order valence-electron chi connectivity index (χ0n) is 15.5. The van der Waals surface area contributed by atoms with Gasteiger partial charge in [0.2, 0.25) is 5.91 Å². The Bertz CT molecular complexity index is 698. The summed E-state index contributed by atoms with van der Waals surface area (Å²) < 4.78 is 0. The smallest absolute Gasteiger partial charge is 0.234 e. The van der Waals surface area contributed by atoms with Crippen molar-refractivity contribution in [3.8, 4) is 0 Å². The van der Waals surface area contributed by atoms with E-state index in [9.17, 15) is 4.79 Å². The van der Waals surface area contributed by atoms with Crippen LogP contribution in [0, 0.1) is 0 Å². The van der Waals surface area contributed by atoms with Crippen molar-refractivity contribution in [1.82, 2.24) is 15.2 Å². The summed E-state index contributed by atoms with van der Waals surface area (Å²) in [6.07, 6.45) is 5.48. The van der Waals surface area contributed by atoms with Crippen LogP contribution >= 0.6 is 0 Å². The number of carbonyl (C=O) groups excluding carboxylic acids is 1. The normalized spacial score (nSPS) is 14.8. The first-order valence-corrected chi connectivity index (χ1v) is 9.40. The average molecular weight is 352 g/mol. The fourth-order valence-corrected chi connectivity index (χ4v) is 3.41. The average Bonchev–Trinajstić information content (AvgIpc) is 2.68. The molecule has 2 aromatic rings. The van der Waals surface area contributed by atoms with E-state index in [1.54, 1.807) is 6.20 Å². The van der Waals surface area contributed by atoms with E-state index in [4.69, 9.17) is 0 Å². The fourth-order valence-electron chi connectivity index (χ4n) is 3.41. The molecule has 5 nitrogen and oxygen atoms in total. The summed E-state index contributed by atoms with van der Waals surface area (Å²) in [5.74, 6) is 1.00. The second-order valence-electron chi connectivity index (χ2n) is 6.94. The first kappa shape index (κ1) is 18.4. The Morgan fingerprint density at radius 1 is 1.12 bits per heavy atom. The standard InChI is InChI=1S/C21H28N4O/c1-24(16-18-9-4-2-5-10-18)21-19(11-8-12-22-21)15-23-20(26)17-25-13-6-3-7-14-25/h2,4-5,8-12H,3,6-7,13-17H2,1H3,(H,23,26). The Morgan fingerprint density at radius 3 is 2.65 bits per heavy atom. The maximum atomic E-state index is 12.3. The summed E-state index contributed by atoms with van der Waals surface area (Å²) in [5.41, 5.74) is 2.28. The first-order valence-electron chi connectivity index (χ1n) is 9.40. The van der Waals surface area contributed by atoms with Crippen LogP contribution in [-0.2, 0) is 17.9 Å². The monoisotopic (exact) mass is 352 g/mol. The molecule has 2 heterocycles. The van der Waals surface area contributed by atoms with Gasteiger partial charge in [-0.1, -0.05) is 42.8 Å². The van der Waals surface area contributed by atoms with Crippen molar-refractivity contribution in [2.75, 3.05) is 31.6 Å². The number of likely N-dealkylation sites (tertiary alicyclic amines) is 1. The number of nitrogens with zero attached hydrogens (tertiary/aromatic N) is 3. The Hall–Kier alpha value is -2.40. The van der Waals surface area contributed by atoms with E-state index in [0.29, 0.717) is 13.1 Å². The number of aromatic nitrogens is 1. The van der Waals surface area contributed by atoms with E-state index in [-0.39, 0.29) is 5.91 Å². The molecule has 1 fully saturated rings. The van der Waals surface area contributed by atoms with Crippen LogP contribution in [0.25, 0.3) is 0 Å². The Morgan fingerprint density at radius 2 is 1.88 bits per heavy atom. The van der Waals surface area contributed by atoms with E-state index >= 15 is 0 Å². The second-order valence-corrected chi connectivity index (χ2v) is 6.94. The molecule has 1 saturated heterocycles. The van der Waals surface area contributed by atoms with Gasteiger partial charge in [-0.15, -0.1) is 0 Å². The number of anilines is 1. The lowest BCUT2D eigenvalue weighted by molar-refractivity contribution is -0.122. The Labute approximate surface area is 156 Å². The van der Waals surface area contributed by atoms with Crippen LogP contribution in [-0.4, -0.2) is 42.5 Å². The van der Waals surface area contributed by atoms with Gasteiger partial charge in [-0.3, -0.25) is 9.69 Å². The lowest BCUT2D eigenvalue weighted by atomic mass is 10.1. The largest absolute Gasteiger partial charge is 0.355 e. The van der Waals surface area contributed by atoms with Gasteiger partial charge in [-0.2, -0.15) is 0 Å². The van der Waals surface area contributed by atoms with Gasteiger partial charge in [0.15, 0.2) is 0 Å². The quantitative estimate of drug-likeness (QED) is 0.832. The lowest BCUT2D eigenvalue weighted by Gasteiger charge is -2.26. The van der Waals surface area contributed by atoms with Crippen LogP contribution < -0.4 is 10.2 Å². The molecular formula is C21H28N4O. The number of benzene rings is 1. The summed E-state index contributed by atoms with van der Waals surface area (Å²) in [4.78, 5) is 21.2. The van der Waals surface area contributed by atoms with Crippen LogP contribution in [0.4, 0.5) is 5.82 Å². The van der Waals surface area contributed by atoms with Gasteiger partial charge >= 0.3 is 0 Å². The predicted octanol–water partition coefficient (Wildman–Crippen LogP) is 2.82. The predicted molar refractivity (Wildman–Crippen MR) is 105 cm³/mol. The molecule has 0 atom stereocenters. The van der Waals surface area contributed by atoms with Crippen molar-refractivity contribution < 1.29 is 4.79 Å². The van der Waals surface area contributed by atoms with Crippen molar-refractivity contribution in [2.24, 2.45) is 0 Å². The van der Waals surface area contributed by atoms with Crippen LogP contribution in [0.15, 0.2) is 48.7 Å². The van der Waals surface area contributed by atoms with E-state index in [1.807, 2.05) is 37.4 Å². The SMILES string of the molecule is CN(Cc1ccccc1)c1ncccc1CNC(=O)CN1CCCCC1. The Balaban J connectivity index is 1.57. The van der Waals surface area contributed by atoms with E-state index in [1.165, 1.54) is 24.8 Å². The highest BCUT2D eigenvalue weighted by Crippen LogP contribution is 2.18. The molecule has 1 amide bonds. The third-order valence-electron chi connectivity index (χ3n) is 4.78. The molecule has 26 heavy (non-hydrogen) atoms. The molecule has 5 heteroatoms. The second kappa shape index (κ2) is 9.34. The van der Waals surface area contributed by atoms with E-state index in [0.717, 1.165) is 31.0 Å². The molecule has 0 aliphatic carbocycles. The van der Waals surface area contributed by atoms with Crippen LogP contribution in [0.3, 0.4) is 0 Å². The number of pyridine rings is 1. The highest BCUT2D eigenvalue weighted by Gasteiger charge is 2.15. The van der Waals surface area contributed by atoms with Crippen molar-refractivity contribution in [3.63, 3.8) is 0 Å². The number of hydrogen-bond donors (Lipinski definition) is 1. The molecule has 0 bridgehead atoms. The summed E-state index contributed by atoms with van der Waals surface area (Å²) in [6, 6.07) is 14.3. The van der Waals surface area contributed by atoms with Crippen molar-refractivity contribution in [2.45, 2.75) is 32.4 Å². The molecule has 3 rings (SSSR count). The fraction of sp³-hybridized carbons (Fsp3) is 0.429. The van der Waals surface area contributed by atoms with Gasteiger partial charge in [-0.25, -0.2) is 4.98 Å². The number of hydrogen-bond acceptors (Lipinski definition) is 4. The van der Waals surface area contributed by atoms with Gasteiger partial charge in [0.1, 0.15) is 5.82 Å². The van der Waals surface area contributed by atoms with Crippen molar-refractivity contribution in [3.05, 3.63) is 59.8 Å². The summed E-state index contributed by atoms with van der Waals surface area (Å²) in [5, 5.41) is 3.06. The highest BCUT2D eigenvalue weighted by atomic mass is 16.2. The molecule has 1 N–H and O–H groups in total. The van der Waals surface area contributed by atoms with Crippen LogP contribution in [0.5, 0.6) is 0 Å². The summed E-state index contributed by atoms with van der Waals surface area (Å²) >= 11 is 0. The zero-order chi connectivity index (χ0) is 18.2. The summed E-state index contributed by atoms with van der Waals surface area (Å²) in [6.45, 7) is 3.85. The molecule has 1 aliphatic heterocycles. The molecule has 0 unspecified atom stereocenters. The maximum Gasteiger partial charge on any atom is 0.234 e. The minimum Gasteiger partial charge on any atom is -0.355 e. The van der Waals surface area contributed by atoms with Crippen LogP contribution in [0.2, 0.25) is 0 Å². The topological polar surface area (TPSA) is 48.5 Å². The number of carbonyl (C=O) groups is 1. The molecule has 0 spiro atoms. The molecule has 0 saturated carbocycles. The van der Waals surface area contributed by atoms with Crippen molar-refractivity contribution in [1.29, 1.82) is 0 Å². The van der Waals surface area contributed by atoms with E-state index in [2.05, 4.69) is 32.2 Å².